The molecule has 0 saturated carbocycles. The van der Waals surface area contributed by atoms with E-state index < -0.39 is 0 Å². The van der Waals surface area contributed by atoms with Gasteiger partial charge in [-0.25, -0.2) is 4.98 Å². The maximum Gasteiger partial charge on any atom is 0.228 e. The molecule has 0 spiro atoms. The lowest BCUT2D eigenvalue weighted by Crippen LogP contribution is -2.44. The Kier molecular flexibility index (Phi) is 5.65. The molecule has 2 saturated heterocycles. The van der Waals surface area contributed by atoms with Crippen LogP contribution in [0.15, 0.2) is 6.07 Å². The summed E-state index contributed by atoms with van der Waals surface area (Å²) in [6.07, 6.45) is 0. The van der Waals surface area contributed by atoms with Gasteiger partial charge in [0.1, 0.15) is 11.0 Å². The Morgan fingerprint density at radius 2 is 1.75 bits per heavy atom. The molecule has 0 radical (unpaired) electrons. The first-order valence-corrected chi connectivity index (χ1v) is 7.04. The van der Waals surface area contributed by atoms with Crippen molar-refractivity contribution in [3.8, 4) is 0 Å². The van der Waals surface area contributed by atoms with Crippen molar-refractivity contribution < 1.29 is 4.74 Å². The first kappa shape index (κ1) is 15.6. The maximum absolute atomic E-state index is 6.14. The fourth-order valence-corrected chi connectivity index (χ4v) is 2.53. The van der Waals surface area contributed by atoms with Gasteiger partial charge in [0.2, 0.25) is 5.95 Å². The Labute approximate surface area is 129 Å². The summed E-state index contributed by atoms with van der Waals surface area (Å²) in [5.41, 5.74) is 0. The quantitative estimate of drug-likeness (QED) is 0.814. The van der Waals surface area contributed by atoms with Crippen molar-refractivity contribution in [1.29, 1.82) is 0 Å². The van der Waals surface area contributed by atoms with Crippen LogP contribution in [0.25, 0.3) is 0 Å². The topological polar surface area (TPSA) is 53.5 Å². The summed E-state index contributed by atoms with van der Waals surface area (Å²) in [6, 6.07) is 1.84. The zero-order chi connectivity index (χ0) is 13.1. The molecule has 2 fully saturated rings. The number of hydrogen-bond donors (Lipinski definition) is 1. The third kappa shape index (κ3) is 3.63. The third-order valence-electron chi connectivity index (χ3n) is 3.40. The lowest BCUT2D eigenvalue weighted by molar-refractivity contribution is 0.122. The summed E-state index contributed by atoms with van der Waals surface area (Å²) in [7, 11) is 0. The number of anilines is 2. The normalized spacial score (nSPS) is 19.6. The Bertz CT molecular complexity index is 400. The minimum atomic E-state index is 0. The van der Waals surface area contributed by atoms with Crippen LogP contribution >= 0.6 is 24.0 Å². The van der Waals surface area contributed by atoms with Crippen LogP contribution in [0.5, 0.6) is 0 Å². The highest BCUT2D eigenvalue weighted by Crippen LogP contribution is 2.21. The number of piperazine rings is 1. The Morgan fingerprint density at radius 3 is 2.45 bits per heavy atom. The summed E-state index contributed by atoms with van der Waals surface area (Å²) in [4.78, 5) is 13.4. The van der Waals surface area contributed by atoms with Crippen LogP contribution in [-0.4, -0.2) is 62.5 Å². The van der Waals surface area contributed by atoms with E-state index in [1.807, 2.05) is 6.07 Å². The average Bonchev–Trinajstić information content (AvgIpc) is 2.48. The molecule has 0 atom stereocenters. The number of nitrogens with one attached hydrogen (secondary N) is 1. The standard InChI is InChI=1S/C12H18ClN5O.ClH/c13-10-9-11(17-3-1-14-2-4-17)16-12(15-10)18-5-7-19-8-6-18;/h9,14H,1-8H2;1H. The summed E-state index contributed by atoms with van der Waals surface area (Å²) in [5.74, 6) is 1.63. The van der Waals surface area contributed by atoms with Crippen LogP contribution in [0.1, 0.15) is 0 Å². The monoisotopic (exact) mass is 319 g/mol. The number of hydrogen-bond acceptors (Lipinski definition) is 6. The molecular formula is C12H19Cl2N5O. The van der Waals surface area contributed by atoms with E-state index in [1.54, 1.807) is 0 Å². The minimum absolute atomic E-state index is 0. The summed E-state index contributed by atoms with van der Waals surface area (Å²) in [6.45, 7) is 6.95. The molecular weight excluding hydrogens is 301 g/mol. The number of halogens is 2. The van der Waals surface area contributed by atoms with Gasteiger partial charge in [-0.15, -0.1) is 12.4 Å². The van der Waals surface area contributed by atoms with Crippen molar-refractivity contribution in [2.75, 3.05) is 62.3 Å². The fraction of sp³-hybridized carbons (Fsp3) is 0.667. The van der Waals surface area contributed by atoms with Crippen molar-refractivity contribution >= 4 is 35.8 Å². The third-order valence-corrected chi connectivity index (χ3v) is 3.60. The summed E-state index contributed by atoms with van der Waals surface area (Å²) >= 11 is 6.14. The van der Waals surface area contributed by atoms with Crippen LogP contribution in [-0.2, 0) is 4.74 Å². The van der Waals surface area contributed by atoms with Gasteiger partial charge in [-0.1, -0.05) is 11.6 Å². The number of ether oxygens (including phenoxy) is 1. The largest absolute Gasteiger partial charge is 0.378 e. The first-order valence-electron chi connectivity index (χ1n) is 6.66. The van der Waals surface area contributed by atoms with Gasteiger partial charge in [0, 0.05) is 45.3 Å². The lowest BCUT2D eigenvalue weighted by Gasteiger charge is -2.31. The van der Waals surface area contributed by atoms with E-state index in [-0.39, 0.29) is 12.4 Å². The molecule has 1 N–H and O–H groups in total. The number of aromatic nitrogens is 2. The van der Waals surface area contributed by atoms with E-state index >= 15 is 0 Å². The van der Waals surface area contributed by atoms with E-state index in [9.17, 15) is 0 Å². The molecule has 2 aliphatic heterocycles. The fourth-order valence-electron chi connectivity index (χ4n) is 2.35. The molecule has 2 aliphatic rings. The Hall–Kier alpha value is -0.820. The van der Waals surface area contributed by atoms with Gasteiger partial charge >= 0.3 is 0 Å². The second kappa shape index (κ2) is 7.26. The first-order chi connectivity index (χ1) is 9.33. The minimum Gasteiger partial charge on any atom is -0.378 e. The Morgan fingerprint density at radius 1 is 1.05 bits per heavy atom. The molecule has 0 aliphatic carbocycles. The molecule has 3 rings (SSSR count). The molecule has 0 amide bonds. The molecule has 8 heteroatoms. The van der Waals surface area contributed by atoms with Crippen LogP contribution in [0.3, 0.4) is 0 Å². The van der Waals surface area contributed by atoms with Gasteiger partial charge in [-0.3, -0.25) is 0 Å². The predicted molar refractivity (Wildman–Crippen MR) is 82.4 cm³/mol. The van der Waals surface area contributed by atoms with Crippen molar-refractivity contribution in [3.63, 3.8) is 0 Å². The molecule has 0 unspecified atom stereocenters. The molecule has 6 nitrogen and oxygen atoms in total. The maximum atomic E-state index is 6.14. The van der Waals surface area contributed by atoms with Crippen molar-refractivity contribution in [3.05, 3.63) is 11.2 Å². The molecule has 1 aromatic rings. The highest BCUT2D eigenvalue weighted by molar-refractivity contribution is 6.29. The van der Waals surface area contributed by atoms with E-state index in [0.29, 0.717) is 11.1 Å². The highest BCUT2D eigenvalue weighted by atomic mass is 35.5. The van der Waals surface area contributed by atoms with Crippen LogP contribution in [0.2, 0.25) is 5.15 Å². The zero-order valence-electron chi connectivity index (χ0n) is 11.2. The highest BCUT2D eigenvalue weighted by Gasteiger charge is 2.18. The summed E-state index contributed by atoms with van der Waals surface area (Å²) < 4.78 is 5.35. The van der Waals surface area contributed by atoms with Gasteiger partial charge < -0.3 is 19.9 Å². The molecule has 3 heterocycles. The molecule has 112 valence electrons. The van der Waals surface area contributed by atoms with E-state index in [1.165, 1.54) is 0 Å². The van der Waals surface area contributed by atoms with E-state index in [2.05, 4.69) is 25.1 Å². The molecule has 0 aromatic carbocycles. The van der Waals surface area contributed by atoms with E-state index in [0.717, 1.165) is 58.3 Å². The van der Waals surface area contributed by atoms with Crippen LogP contribution in [0.4, 0.5) is 11.8 Å². The van der Waals surface area contributed by atoms with Gasteiger partial charge in [-0.05, 0) is 0 Å². The van der Waals surface area contributed by atoms with Crippen LogP contribution in [0, 0.1) is 0 Å². The van der Waals surface area contributed by atoms with Gasteiger partial charge in [0.25, 0.3) is 0 Å². The predicted octanol–water partition coefficient (Wildman–Crippen LogP) is 0.798. The van der Waals surface area contributed by atoms with E-state index in [4.69, 9.17) is 16.3 Å². The second-order valence-corrected chi connectivity index (χ2v) is 5.07. The molecule has 0 bridgehead atoms. The van der Waals surface area contributed by atoms with Gasteiger partial charge in [0.15, 0.2) is 0 Å². The van der Waals surface area contributed by atoms with Crippen molar-refractivity contribution in [2.24, 2.45) is 0 Å². The SMILES string of the molecule is Cl.Clc1cc(N2CCNCC2)nc(N2CCOCC2)n1. The second-order valence-electron chi connectivity index (χ2n) is 4.69. The molecule has 1 aromatic heterocycles. The smallest absolute Gasteiger partial charge is 0.228 e. The van der Waals surface area contributed by atoms with Gasteiger partial charge in [0.05, 0.1) is 13.2 Å². The average molecular weight is 320 g/mol. The number of rotatable bonds is 2. The summed E-state index contributed by atoms with van der Waals surface area (Å²) in [5, 5.41) is 3.84. The van der Waals surface area contributed by atoms with Crippen molar-refractivity contribution in [1.82, 2.24) is 15.3 Å². The van der Waals surface area contributed by atoms with Crippen molar-refractivity contribution in [2.45, 2.75) is 0 Å². The molecule has 20 heavy (non-hydrogen) atoms. The Balaban J connectivity index is 0.00000147. The zero-order valence-corrected chi connectivity index (χ0v) is 12.8. The number of nitrogens with zero attached hydrogens (tertiary/aromatic N) is 4. The lowest BCUT2D eigenvalue weighted by atomic mass is 10.3. The van der Waals surface area contributed by atoms with Crippen LogP contribution < -0.4 is 15.1 Å². The van der Waals surface area contributed by atoms with Gasteiger partial charge in [-0.2, -0.15) is 4.98 Å². The number of morpholine rings is 1.